The van der Waals surface area contributed by atoms with Gasteiger partial charge in [0, 0.05) is 27.0 Å². The Bertz CT molecular complexity index is 580. The van der Waals surface area contributed by atoms with E-state index in [0.717, 1.165) is 15.0 Å². The number of hydrogen-bond donors (Lipinski definition) is 2. The van der Waals surface area contributed by atoms with E-state index < -0.39 is 5.97 Å². The van der Waals surface area contributed by atoms with Gasteiger partial charge in [-0.25, -0.2) is 4.79 Å². The number of thiophene rings is 1. The van der Waals surface area contributed by atoms with Gasteiger partial charge >= 0.3 is 5.97 Å². The lowest BCUT2D eigenvalue weighted by Gasteiger charge is -2.07. The van der Waals surface area contributed by atoms with Gasteiger partial charge in [0.25, 0.3) is 0 Å². The van der Waals surface area contributed by atoms with E-state index in [1.807, 2.05) is 25.1 Å². The van der Waals surface area contributed by atoms with Crippen LogP contribution in [0.2, 0.25) is 0 Å². The van der Waals surface area contributed by atoms with E-state index in [1.165, 1.54) is 16.9 Å². The van der Waals surface area contributed by atoms with Gasteiger partial charge in [0.2, 0.25) is 0 Å². The van der Waals surface area contributed by atoms with Gasteiger partial charge in [0.15, 0.2) is 0 Å². The fraction of sp³-hybridized carbons (Fsp3) is 0.154. The van der Waals surface area contributed by atoms with Gasteiger partial charge < -0.3 is 10.4 Å². The Kier molecular flexibility index (Phi) is 4.04. The number of nitrogens with one attached hydrogen (secondary N) is 1. The van der Waals surface area contributed by atoms with E-state index in [2.05, 4.69) is 21.2 Å². The highest BCUT2D eigenvalue weighted by atomic mass is 79.9. The molecule has 0 radical (unpaired) electrons. The minimum Gasteiger partial charge on any atom is -0.478 e. The van der Waals surface area contributed by atoms with Crippen molar-refractivity contribution in [2.75, 3.05) is 5.32 Å². The molecule has 1 aromatic carbocycles. The van der Waals surface area contributed by atoms with Crippen LogP contribution < -0.4 is 5.32 Å². The van der Waals surface area contributed by atoms with E-state index in [1.54, 1.807) is 11.4 Å². The number of anilines is 1. The average molecular weight is 326 g/mol. The van der Waals surface area contributed by atoms with Crippen LogP contribution in [0, 0.1) is 6.92 Å². The molecule has 1 aromatic heterocycles. The zero-order valence-electron chi connectivity index (χ0n) is 9.74. The van der Waals surface area contributed by atoms with Crippen LogP contribution >= 0.6 is 27.3 Å². The van der Waals surface area contributed by atoms with Gasteiger partial charge in [-0.15, -0.1) is 11.3 Å². The number of aromatic carboxylic acids is 1. The number of rotatable bonds is 4. The number of benzene rings is 1. The zero-order valence-corrected chi connectivity index (χ0v) is 12.1. The van der Waals surface area contributed by atoms with Crippen LogP contribution in [0.4, 0.5) is 5.69 Å². The molecule has 0 aliphatic rings. The molecule has 18 heavy (non-hydrogen) atoms. The van der Waals surface area contributed by atoms with Crippen molar-refractivity contribution in [2.24, 2.45) is 0 Å². The summed E-state index contributed by atoms with van der Waals surface area (Å²) in [5.74, 6) is -0.881. The molecule has 0 amide bonds. The van der Waals surface area contributed by atoms with E-state index in [9.17, 15) is 4.79 Å². The first kappa shape index (κ1) is 13.1. The molecule has 0 atom stereocenters. The van der Waals surface area contributed by atoms with Crippen LogP contribution in [0.25, 0.3) is 0 Å². The van der Waals surface area contributed by atoms with Crippen molar-refractivity contribution in [3.05, 3.63) is 50.1 Å². The van der Waals surface area contributed by atoms with Crippen molar-refractivity contribution in [1.82, 2.24) is 0 Å². The molecule has 0 bridgehead atoms. The average Bonchev–Trinajstić information content (AvgIpc) is 2.76. The minimum absolute atomic E-state index is 0.347. The Hall–Kier alpha value is -1.33. The van der Waals surface area contributed by atoms with Crippen LogP contribution in [0.1, 0.15) is 20.8 Å². The van der Waals surface area contributed by atoms with E-state index in [-0.39, 0.29) is 0 Å². The lowest BCUT2D eigenvalue weighted by atomic mass is 10.2. The Balaban J connectivity index is 2.04. The largest absolute Gasteiger partial charge is 0.478 e. The highest BCUT2D eigenvalue weighted by Crippen LogP contribution is 2.24. The smallest absolute Gasteiger partial charge is 0.336 e. The van der Waals surface area contributed by atoms with Gasteiger partial charge in [-0.05, 0) is 46.6 Å². The number of aryl methyl sites for hydroxylation is 1. The molecule has 0 aliphatic carbocycles. The highest BCUT2D eigenvalue weighted by molar-refractivity contribution is 9.10. The standard InChI is InChI=1S/C13H12BrNO2S/c1-8-2-3-12(11(14)4-8)15-6-10-5-9(7-18-10)13(16)17/h2-5,7,15H,6H2,1H3,(H,16,17). The van der Waals surface area contributed by atoms with Crippen molar-refractivity contribution in [1.29, 1.82) is 0 Å². The molecule has 2 rings (SSSR count). The van der Waals surface area contributed by atoms with E-state index in [4.69, 9.17) is 5.11 Å². The SMILES string of the molecule is Cc1ccc(NCc2cc(C(=O)O)cs2)c(Br)c1. The molecule has 0 fully saturated rings. The summed E-state index contributed by atoms with van der Waals surface area (Å²) < 4.78 is 1.01. The molecule has 0 unspecified atom stereocenters. The van der Waals surface area contributed by atoms with Crippen LogP contribution in [0.3, 0.4) is 0 Å². The first-order valence-corrected chi connectivity index (χ1v) is 7.04. The Morgan fingerprint density at radius 3 is 2.83 bits per heavy atom. The summed E-state index contributed by atoms with van der Waals surface area (Å²) in [5, 5.41) is 13.8. The maximum absolute atomic E-state index is 10.8. The van der Waals surface area contributed by atoms with Gasteiger partial charge in [0.05, 0.1) is 5.56 Å². The second kappa shape index (κ2) is 5.54. The molecule has 0 saturated carbocycles. The Labute approximate surface area is 118 Å². The number of carboxylic acids is 1. The lowest BCUT2D eigenvalue weighted by Crippen LogP contribution is -1.99. The monoisotopic (exact) mass is 325 g/mol. The number of carboxylic acid groups (broad SMARTS) is 1. The van der Waals surface area contributed by atoms with Crippen molar-refractivity contribution in [2.45, 2.75) is 13.5 Å². The first-order chi connectivity index (χ1) is 8.56. The molecule has 3 nitrogen and oxygen atoms in total. The summed E-state index contributed by atoms with van der Waals surface area (Å²) >= 11 is 4.94. The van der Waals surface area contributed by atoms with E-state index in [0.29, 0.717) is 12.1 Å². The number of halogens is 1. The third-order valence-corrected chi connectivity index (χ3v) is 4.07. The molecule has 5 heteroatoms. The maximum atomic E-state index is 10.8. The first-order valence-electron chi connectivity index (χ1n) is 5.37. The quantitative estimate of drug-likeness (QED) is 0.888. The predicted octanol–water partition coefficient (Wildman–Crippen LogP) is 4.13. The summed E-state index contributed by atoms with van der Waals surface area (Å²) in [4.78, 5) is 11.8. The summed E-state index contributed by atoms with van der Waals surface area (Å²) in [6.45, 7) is 2.66. The maximum Gasteiger partial charge on any atom is 0.336 e. The van der Waals surface area contributed by atoms with Gasteiger partial charge in [-0.3, -0.25) is 0 Å². The van der Waals surface area contributed by atoms with Crippen LogP contribution in [-0.4, -0.2) is 11.1 Å². The summed E-state index contributed by atoms with van der Waals surface area (Å²) in [6, 6.07) is 7.77. The zero-order chi connectivity index (χ0) is 13.1. The van der Waals surface area contributed by atoms with Crippen molar-refractivity contribution < 1.29 is 9.90 Å². The third-order valence-electron chi connectivity index (χ3n) is 2.48. The number of hydrogen-bond acceptors (Lipinski definition) is 3. The lowest BCUT2D eigenvalue weighted by molar-refractivity contribution is 0.0697. The van der Waals surface area contributed by atoms with Crippen molar-refractivity contribution in [3.8, 4) is 0 Å². The summed E-state index contributed by atoms with van der Waals surface area (Å²) in [6.07, 6.45) is 0. The Morgan fingerprint density at radius 1 is 1.44 bits per heavy atom. The van der Waals surface area contributed by atoms with Gasteiger partial charge in [-0.2, -0.15) is 0 Å². The predicted molar refractivity (Wildman–Crippen MR) is 77.5 cm³/mol. The molecule has 1 heterocycles. The third kappa shape index (κ3) is 3.11. The van der Waals surface area contributed by atoms with E-state index >= 15 is 0 Å². The normalized spacial score (nSPS) is 10.3. The molecule has 0 aliphatic heterocycles. The molecule has 2 N–H and O–H groups in total. The molecular formula is C13H12BrNO2S. The van der Waals surface area contributed by atoms with Crippen LogP contribution in [0.15, 0.2) is 34.1 Å². The highest BCUT2D eigenvalue weighted by Gasteiger charge is 2.06. The molecule has 2 aromatic rings. The van der Waals surface area contributed by atoms with Gasteiger partial charge in [0.1, 0.15) is 0 Å². The number of carbonyl (C=O) groups is 1. The molecule has 94 valence electrons. The summed E-state index contributed by atoms with van der Waals surface area (Å²) in [7, 11) is 0. The fourth-order valence-electron chi connectivity index (χ4n) is 1.53. The summed E-state index contributed by atoms with van der Waals surface area (Å²) in [5.41, 5.74) is 2.54. The Morgan fingerprint density at radius 2 is 2.22 bits per heavy atom. The topological polar surface area (TPSA) is 49.3 Å². The van der Waals surface area contributed by atoms with Crippen molar-refractivity contribution >= 4 is 38.9 Å². The molecular weight excluding hydrogens is 314 g/mol. The van der Waals surface area contributed by atoms with Crippen molar-refractivity contribution in [3.63, 3.8) is 0 Å². The van der Waals surface area contributed by atoms with Gasteiger partial charge in [-0.1, -0.05) is 6.07 Å². The second-order valence-corrected chi connectivity index (χ2v) is 5.79. The second-order valence-electron chi connectivity index (χ2n) is 3.94. The molecule has 0 spiro atoms. The van der Waals surface area contributed by atoms with Crippen LogP contribution in [0.5, 0.6) is 0 Å². The molecule has 0 saturated heterocycles. The van der Waals surface area contributed by atoms with Crippen LogP contribution in [-0.2, 0) is 6.54 Å². The fourth-order valence-corrected chi connectivity index (χ4v) is 2.96. The minimum atomic E-state index is -0.881.